The molecule has 0 bridgehead atoms. The molecule has 3 heterocycles. The van der Waals surface area contributed by atoms with Gasteiger partial charge in [-0.3, -0.25) is 0 Å². The van der Waals surface area contributed by atoms with Crippen LogP contribution in [0.25, 0.3) is 11.2 Å². The molecular weight excluding hydrogens is 450 g/mol. The number of H-pyrrole nitrogens is 1. The minimum absolute atomic E-state index is 0.266. The average Bonchev–Trinajstić information content (AvgIpc) is 3.21. The van der Waals surface area contributed by atoms with E-state index in [-0.39, 0.29) is 4.90 Å². The molecule has 0 aliphatic carbocycles. The molecule has 1 aliphatic rings. The van der Waals surface area contributed by atoms with Crippen LogP contribution in [-0.4, -0.2) is 47.7 Å². The number of nitrogens with zero attached hydrogens (tertiary/aromatic N) is 4. The Hall–Kier alpha value is -3.66. The molecule has 1 aliphatic heterocycles. The number of rotatable bonds is 6. The highest BCUT2D eigenvalue weighted by atomic mass is 32.2. The molecule has 9 nitrogen and oxygen atoms in total. The van der Waals surface area contributed by atoms with Crippen LogP contribution in [-0.2, 0) is 9.84 Å². The van der Waals surface area contributed by atoms with Gasteiger partial charge in [0.1, 0.15) is 5.52 Å². The summed E-state index contributed by atoms with van der Waals surface area (Å²) in [5.41, 5.74) is 4.14. The summed E-state index contributed by atoms with van der Waals surface area (Å²) >= 11 is 0. The molecule has 34 heavy (non-hydrogen) atoms. The molecule has 176 valence electrons. The molecule has 3 N–H and O–H groups in total. The molecule has 2 aromatic carbocycles. The molecule has 0 unspecified atom stereocenters. The third kappa shape index (κ3) is 4.81. The number of imidazole rings is 1. The first-order chi connectivity index (χ1) is 16.3. The fourth-order valence-electron chi connectivity index (χ4n) is 4.11. The van der Waals surface area contributed by atoms with E-state index in [4.69, 9.17) is 4.98 Å². The Bertz CT molecular complexity index is 1430. The van der Waals surface area contributed by atoms with Gasteiger partial charge >= 0.3 is 0 Å². The minimum Gasteiger partial charge on any atom is -0.355 e. The summed E-state index contributed by atoms with van der Waals surface area (Å²) in [6, 6.07) is 14.6. The summed E-state index contributed by atoms with van der Waals surface area (Å²) in [6.07, 6.45) is 4.64. The summed E-state index contributed by atoms with van der Waals surface area (Å²) in [6.45, 7) is 3.90. The number of hydrogen-bond donors (Lipinski definition) is 3. The Kier molecular flexibility index (Phi) is 5.82. The van der Waals surface area contributed by atoms with E-state index < -0.39 is 9.84 Å². The van der Waals surface area contributed by atoms with Gasteiger partial charge in [0.15, 0.2) is 21.3 Å². The molecule has 1 fully saturated rings. The van der Waals surface area contributed by atoms with E-state index in [0.29, 0.717) is 23.2 Å². The molecule has 5 rings (SSSR count). The van der Waals surface area contributed by atoms with Crippen molar-refractivity contribution < 1.29 is 8.42 Å². The lowest BCUT2D eigenvalue weighted by molar-refractivity contribution is 0.574. The normalized spacial score (nSPS) is 14.4. The minimum atomic E-state index is -3.26. The van der Waals surface area contributed by atoms with Gasteiger partial charge in [-0.05, 0) is 68.1 Å². The number of hydrogen-bond acceptors (Lipinski definition) is 8. The largest absolute Gasteiger partial charge is 0.355 e. The summed E-state index contributed by atoms with van der Waals surface area (Å²) in [5.74, 6) is 1.82. The number of fused-ring (bicyclic) bond motifs is 1. The molecule has 0 radical (unpaired) electrons. The van der Waals surface area contributed by atoms with Crippen LogP contribution < -0.4 is 15.5 Å². The summed E-state index contributed by atoms with van der Waals surface area (Å²) in [7, 11) is -3.26. The van der Waals surface area contributed by atoms with Crippen molar-refractivity contribution in [3.8, 4) is 0 Å². The van der Waals surface area contributed by atoms with E-state index in [0.717, 1.165) is 48.5 Å². The fourth-order valence-corrected chi connectivity index (χ4v) is 4.74. The highest BCUT2D eigenvalue weighted by molar-refractivity contribution is 7.90. The predicted molar refractivity (Wildman–Crippen MR) is 135 cm³/mol. The van der Waals surface area contributed by atoms with Gasteiger partial charge in [-0.2, -0.15) is 15.0 Å². The Labute approximate surface area is 198 Å². The lowest BCUT2D eigenvalue weighted by Crippen LogP contribution is -2.30. The van der Waals surface area contributed by atoms with Gasteiger partial charge in [0, 0.05) is 30.7 Å². The van der Waals surface area contributed by atoms with Crippen molar-refractivity contribution in [1.82, 2.24) is 19.9 Å². The first-order valence-corrected chi connectivity index (χ1v) is 13.2. The van der Waals surface area contributed by atoms with Gasteiger partial charge in [-0.15, -0.1) is 0 Å². The zero-order valence-electron chi connectivity index (χ0n) is 19.2. The van der Waals surface area contributed by atoms with Gasteiger partial charge in [-0.1, -0.05) is 12.1 Å². The van der Waals surface area contributed by atoms with E-state index in [9.17, 15) is 8.42 Å². The molecule has 0 saturated carbocycles. The van der Waals surface area contributed by atoms with Gasteiger partial charge in [-0.25, -0.2) is 8.42 Å². The maximum absolute atomic E-state index is 11.8. The van der Waals surface area contributed by atoms with E-state index in [2.05, 4.69) is 36.6 Å². The third-order valence-electron chi connectivity index (χ3n) is 5.81. The van der Waals surface area contributed by atoms with E-state index >= 15 is 0 Å². The maximum Gasteiger partial charge on any atom is 0.231 e. The van der Waals surface area contributed by atoms with Crippen molar-refractivity contribution >= 4 is 50.1 Å². The van der Waals surface area contributed by atoms with Crippen LogP contribution in [0.3, 0.4) is 0 Å². The lowest BCUT2D eigenvalue weighted by atomic mass is 10.1. The maximum atomic E-state index is 11.8. The predicted octanol–water partition coefficient (Wildman–Crippen LogP) is 4.54. The first kappa shape index (κ1) is 22.1. The Morgan fingerprint density at radius 2 is 1.68 bits per heavy atom. The van der Waals surface area contributed by atoms with Gasteiger partial charge in [0.2, 0.25) is 11.9 Å². The summed E-state index contributed by atoms with van der Waals surface area (Å²) < 4.78 is 23.5. The van der Waals surface area contributed by atoms with Crippen molar-refractivity contribution in [2.24, 2.45) is 0 Å². The van der Waals surface area contributed by atoms with Crippen LogP contribution in [0, 0.1) is 6.92 Å². The smallest absolute Gasteiger partial charge is 0.231 e. The SMILES string of the molecule is Cc1cccc(Nc2nc3nc(Nc4ccc(S(C)(=O)=O)cc4)nc(N4CCCCC4)c3[nH]2)c1. The Morgan fingerprint density at radius 3 is 2.38 bits per heavy atom. The molecule has 4 aromatic rings. The summed E-state index contributed by atoms with van der Waals surface area (Å²) in [4.78, 5) is 20.0. The first-order valence-electron chi connectivity index (χ1n) is 11.3. The fraction of sp³-hybridized carbons (Fsp3) is 0.292. The zero-order chi connectivity index (χ0) is 23.7. The van der Waals surface area contributed by atoms with Crippen LogP contribution in [0.5, 0.6) is 0 Å². The average molecular weight is 478 g/mol. The topological polar surface area (TPSA) is 116 Å². The molecule has 0 spiro atoms. The van der Waals surface area contributed by atoms with Crippen molar-refractivity contribution in [2.45, 2.75) is 31.1 Å². The molecule has 1 saturated heterocycles. The van der Waals surface area contributed by atoms with Crippen LogP contribution in [0.15, 0.2) is 53.4 Å². The van der Waals surface area contributed by atoms with E-state index in [1.54, 1.807) is 24.3 Å². The number of aryl methyl sites for hydroxylation is 1. The standard InChI is InChI=1S/C24H27N7O2S/c1-16-7-6-8-18(15-16)26-23-27-20-21(28-23)29-24(30-22(20)31-13-4-3-5-14-31)25-17-9-11-19(12-10-17)34(2,32)33/h6-12,15H,3-5,13-14H2,1-2H3,(H3,25,26,27,28,29,30). The van der Waals surface area contributed by atoms with E-state index in [1.165, 1.54) is 12.7 Å². The van der Waals surface area contributed by atoms with Crippen LogP contribution >= 0.6 is 0 Å². The van der Waals surface area contributed by atoms with Gasteiger partial charge < -0.3 is 20.5 Å². The monoisotopic (exact) mass is 477 g/mol. The molecule has 0 atom stereocenters. The Morgan fingerprint density at radius 1 is 0.912 bits per heavy atom. The Balaban J connectivity index is 1.50. The quantitative estimate of drug-likeness (QED) is 0.371. The lowest BCUT2D eigenvalue weighted by Gasteiger charge is -2.28. The third-order valence-corrected chi connectivity index (χ3v) is 6.94. The van der Waals surface area contributed by atoms with E-state index in [1.807, 2.05) is 25.1 Å². The number of nitrogens with one attached hydrogen (secondary N) is 3. The number of anilines is 5. The van der Waals surface area contributed by atoms with Crippen molar-refractivity contribution in [1.29, 1.82) is 0 Å². The number of benzene rings is 2. The second kappa shape index (κ2) is 8.94. The van der Waals surface area contributed by atoms with Crippen LogP contribution in [0.1, 0.15) is 24.8 Å². The highest BCUT2D eigenvalue weighted by Crippen LogP contribution is 2.29. The van der Waals surface area contributed by atoms with Crippen LogP contribution in [0.2, 0.25) is 0 Å². The number of aromatic amines is 1. The van der Waals surface area contributed by atoms with Crippen molar-refractivity contribution in [3.63, 3.8) is 0 Å². The molecule has 2 aromatic heterocycles. The zero-order valence-corrected chi connectivity index (χ0v) is 20.0. The summed E-state index contributed by atoms with van der Waals surface area (Å²) in [5, 5.41) is 6.53. The number of sulfone groups is 1. The second-order valence-corrected chi connectivity index (χ2v) is 10.6. The molecule has 10 heteroatoms. The highest BCUT2D eigenvalue weighted by Gasteiger charge is 2.20. The van der Waals surface area contributed by atoms with Crippen molar-refractivity contribution in [3.05, 3.63) is 54.1 Å². The second-order valence-electron chi connectivity index (χ2n) is 8.62. The van der Waals surface area contributed by atoms with Crippen molar-refractivity contribution in [2.75, 3.05) is 34.9 Å². The van der Waals surface area contributed by atoms with Crippen LogP contribution in [0.4, 0.5) is 29.1 Å². The van der Waals surface area contributed by atoms with Gasteiger partial charge in [0.25, 0.3) is 0 Å². The number of piperidine rings is 1. The van der Waals surface area contributed by atoms with Gasteiger partial charge in [0.05, 0.1) is 4.90 Å². The molecule has 0 amide bonds. The number of aromatic nitrogens is 4. The molecular formula is C24H27N7O2S.